The van der Waals surface area contributed by atoms with Gasteiger partial charge in [-0.2, -0.15) is 0 Å². The summed E-state index contributed by atoms with van der Waals surface area (Å²) in [4.78, 5) is 0. The molecule has 3 aromatic rings. The Morgan fingerprint density at radius 3 is 2.32 bits per heavy atom. The van der Waals surface area contributed by atoms with Gasteiger partial charge >= 0.3 is 0 Å². The second kappa shape index (κ2) is 12.0. The Balaban J connectivity index is 1.55. The molecule has 0 heterocycles. The van der Waals surface area contributed by atoms with Crippen molar-refractivity contribution in [1.82, 2.24) is 5.32 Å². The fourth-order valence-corrected chi connectivity index (χ4v) is 3.58. The molecule has 164 valence electrons. The van der Waals surface area contributed by atoms with E-state index in [0.717, 1.165) is 36.3 Å². The zero-order valence-corrected chi connectivity index (χ0v) is 19.5. The first-order chi connectivity index (χ1) is 15.0. The number of nitrogens with one attached hydrogen (secondary N) is 1. The molecule has 0 spiro atoms. The molecule has 3 rings (SSSR count). The van der Waals surface area contributed by atoms with Crippen LogP contribution in [-0.4, -0.2) is 12.6 Å². The van der Waals surface area contributed by atoms with Crippen LogP contribution in [-0.2, 0) is 19.6 Å². The third-order valence-electron chi connectivity index (χ3n) is 5.05. The van der Waals surface area contributed by atoms with Gasteiger partial charge in [-0.05, 0) is 67.6 Å². The van der Waals surface area contributed by atoms with Crippen LogP contribution in [0.3, 0.4) is 0 Å². The number of rotatable bonds is 11. The Kier molecular flexibility index (Phi) is 9.08. The molecule has 31 heavy (non-hydrogen) atoms. The number of hydrogen-bond acceptors (Lipinski definition) is 3. The largest absolute Gasteiger partial charge is 0.490 e. The molecule has 0 amide bonds. The highest BCUT2D eigenvalue weighted by Gasteiger charge is 2.09. The fraction of sp³-hybridized carbons (Fsp3) is 0.308. The van der Waals surface area contributed by atoms with Crippen LogP contribution in [0, 0.1) is 0 Å². The molecule has 1 atom stereocenters. The van der Waals surface area contributed by atoms with Gasteiger partial charge in [0.05, 0.1) is 16.7 Å². The van der Waals surface area contributed by atoms with Gasteiger partial charge in [0.25, 0.3) is 0 Å². The Morgan fingerprint density at radius 2 is 1.58 bits per heavy atom. The van der Waals surface area contributed by atoms with E-state index in [0.29, 0.717) is 35.1 Å². The third kappa shape index (κ3) is 7.46. The molecule has 0 saturated heterocycles. The zero-order chi connectivity index (χ0) is 22.1. The molecular formula is C26H29Cl2NO2. The normalized spacial score (nSPS) is 11.9. The van der Waals surface area contributed by atoms with Gasteiger partial charge < -0.3 is 14.8 Å². The monoisotopic (exact) mass is 457 g/mol. The number of hydrogen-bond donors (Lipinski definition) is 1. The molecule has 0 aliphatic carbocycles. The molecule has 0 radical (unpaired) electrons. The highest BCUT2D eigenvalue weighted by Crippen LogP contribution is 2.30. The van der Waals surface area contributed by atoms with Crippen LogP contribution in [0.2, 0.25) is 10.0 Å². The first kappa shape index (κ1) is 23.5. The van der Waals surface area contributed by atoms with E-state index in [9.17, 15) is 0 Å². The average molecular weight is 458 g/mol. The quantitative estimate of drug-likeness (QED) is 0.333. The molecule has 0 aromatic heterocycles. The molecule has 0 aliphatic heterocycles. The number of ether oxygens (including phenoxy) is 2. The van der Waals surface area contributed by atoms with Crippen LogP contribution in [0.1, 0.15) is 37.0 Å². The molecule has 0 aliphatic rings. The lowest BCUT2D eigenvalue weighted by Gasteiger charge is -2.16. The van der Waals surface area contributed by atoms with Crippen LogP contribution in [0.25, 0.3) is 0 Å². The maximum absolute atomic E-state index is 6.10. The molecule has 0 fully saturated rings. The van der Waals surface area contributed by atoms with E-state index in [2.05, 4.69) is 48.6 Å². The molecule has 0 unspecified atom stereocenters. The summed E-state index contributed by atoms with van der Waals surface area (Å²) in [5, 5.41) is 4.66. The predicted molar refractivity (Wildman–Crippen MR) is 129 cm³/mol. The molecule has 3 nitrogen and oxygen atoms in total. The van der Waals surface area contributed by atoms with E-state index >= 15 is 0 Å². The van der Waals surface area contributed by atoms with E-state index < -0.39 is 0 Å². The summed E-state index contributed by atoms with van der Waals surface area (Å²) in [5.74, 6) is 1.47. The van der Waals surface area contributed by atoms with Crippen molar-refractivity contribution in [1.29, 1.82) is 0 Å². The lowest BCUT2D eigenvalue weighted by Crippen LogP contribution is -2.26. The van der Waals surface area contributed by atoms with Crippen molar-refractivity contribution in [2.45, 2.75) is 45.9 Å². The van der Waals surface area contributed by atoms with Crippen molar-refractivity contribution < 1.29 is 9.47 Å². The standard InChI is InChI=1S/C26H29Cl2NO2/c1-3-30-26-16-21(17-29-19(2)9-10-20-7-5-4-6-8-20)12-14-25(26)31-18-22-11-13-23(27)24(28)15-22/h4-8,11-16,19,29H,3,9-10,17-18H2,1-2H3/t19-/m0/s1. The van der Waals surface area contributed by atoms with Gasteiger partial charge in [-0.15, -0.1) is 0 Å². The van der Waals surface area contributed by atoms with Gasteiger partial charge in [0.1, 0.15) is 6.61 Å². The van der Waals surface area contributed by atoms with E-state index in [1.807, 2.05) is 31.2 Å². The van der Waals surface area contributed by atoms with Crippen LogP contribution in [0.5, 0.6) is 11.5 Å². The lowest BCUT2D eigenvalue weighted by atomic mass is 10.1. The topological polar surface area (TPSA) is 30.5 Å². The predicted octanol–water partition coefficient (Wildman–Crippen LogP) is 7.08. The summed E-state index contributed by atoms with van der Waals surface area (Å²) in [5.41, 5.74) is 3.49. The molecule has 1 N–H and O–H groups in total. The van der Waals surface area contributed by atoms with Crippen molar-refractivity contribution in [3.63, 3.8) is 0 Å². The van der Waals surface area contributed by atoms with E-state index in [1.54, 1.807) is 6.07 Å². The second-order valence-electron chi connectivity index (χ2n) is 7.56. The maximum atomic E-state index is 6.10. The molecular weight excluding hydrogens is 429 g/mol. The lowest BCUT2D eigenvalue weighted by molar-refractivity contribution is 0.269. The molecule has 0 bridgehead atoms. The van der Waals surface area contributed by atoms with Crippen LogP contribution < -0.4 is 14.8 Å². The van der Waals surface area contributed by atoms with Gasteiger partial charge in [-0.25, -0.2) is 0 Å². The average Bonchev–Trinajstić information content (AvgIpc) is 2.79. The number of benzene rings is 3. The summed E-state index contributed by atoms with van der Waals surface area (Å²) in [6.45, 7) is 5.95. The number of halogens is 2. The molecule has 0 saturated carbocycles. The van der Waals surface area contributed by atoms with E-state index in [1.165, 1.54) is 5.56 Å². The Morgan fingerprint density at radius 1 is 0.806 bits per heavy atom. The van der Waals surface area contributed by atoms with Crippen molar-refractivity contribution in [3.8, 4) is 11.5 Å². The molecule has 5 heteroatoms. The smallest absolute Gasteiger partial charge is 0.161 e. The first-order valence-corrected chi connectivity index (χ1v) is 11.4. The minimum atomic E-state index is 0.394. The summed E-state index contributed by atoms with van der Waals surface area (Å²) in [6.07, 6.45) is 2.16. The minimum absolute atomic E-state index is 0.394. The second-order valence-corrected chi connectivity index (χ2v) is 8.37. The Bertz CT molecular complexity index is 963. The Labute approximate surface area is 195 Å². The van der Waals surface area contributed by atoms with Crippen molar-refractivity contribution in [2.24, 2.45) is 0 Å². The van der Waals surface area contributed by atoms with E-state index in [-0.39, 0.29) is 0 Å². The third-order valence-corrected chi connectivity index (χ3v) is 5.79. The SMILES string of the molecule is CCOc1cc(CN[C@@H](C)CCc2ccccc2)ccc1OCc1ccc(Cl)c(Cl)c1. The fourth-order valence-electron chi connectivity index (χ4n) is 3.26. The van der Waals surface area contributed by atoms with Crippen molar-refractivity contribution in [2.75, 3.05) is 6.61 Å². The maximum Gasteiger partial charge on any atom is 0.161 e. The summed E-state index contributed by atoms with van der Waals surface area (Å²) >= 11 is 12.1. The van der Waals surface area contributed by atoms with Gasteiger partial charge in [0, 0.05) is 12.6 Å². The van der Waals surface area contributed by atoms with Crippen LogP contribution in [0.4, 0.5) is 0 Å². The van der Waals surface area contributed by atoms with Crippen molar-refractivity contribution >= 4 is 23.2 Å². The molecule has 3 aromatic carbocycles. The number of aryl methyl sites for hydroxylation is 1. The van der Waals surface area contributed by atoms with E-state index in [4.69, 9.17) is 32.7 Å². The summed E-state index contributed by atoms with van der Waals surface area (Å²) in [7, 11) is 0. The van der Waals surface area contributed by atoms with Gasteiger partial charge in [-0.1, -0.05) is 65.7 Å². The summed E-state index contributed by atoms with van der Waals surface area (Å²) in [6, 6.07) is 22.6. The van der Waals surface area contributed by atoms with Gasteiger partial charge in [0.2, 0.25) is 0 Å². The minimum Gasteiger partial charge on any atom is -0.490 e. The van der Waals surface area contributed by atoms with Crippen molar-refractivity contribution in [3.05, 3.63) is 93.5 Å². The Hall–Kier alpha value is -2.20. The van der Waals surface area contributed by atoms with Crippen LogP contribution >= 0.6 is 23.2 Å². The first-order valence-electron chi connectivity index (χ1n) is 10.6. The summed E-state index contributed by atoms with van der Waals surface area (Å²) < 4.78 is 11.8. The van der Waals surface area contributed by atoms with Gasteiger partial charge in [0.15, 0.2) is 11.5 Å². The van der Waals surface area contributed by atoms with Crippen LogP contribution in [0.15, 0.2) is 66.7 Å². The highest BCUT2D eigenvalue weighted by atomic mass is 35.5. The van der Waals surface area contributed by atoms with Gasteiger partial charge in [-0.3, -0.25) is 0 Å². The zero-order valence-electron chi connectivity index (χ0n) is 18.0. The highest BCUT2D eigenvalue weighted by molar-refractivity contribution is 6.42.